The molecule has 1 unspecified atom stereocenters. The summed E-state index contributed by atoms with van der Waals surface area (Å²) in [6.45, 7) is 9.56. The van der Waals surface area contributed by atoms with Crippen molar-refractivity contribution in [3.05, 3.63) is 17.9 Å². The number of aromatic nitrogens is 4. The van der Waals surface area contributed by atoms with Crippen molar-refractivity contribution in [1.82, 2.24) is 30.4 Å². The summed E-state index contributed by atoms with van der Waals surface area (Å²) in [7, 11) is 0. The fourth-order valence-electron chi connectivity index (χ4n) is 4.12. The highest BCUT2D eigenvalue weighted by atomic mass is 16.3. The van der Waals surface area contributed by atoms with Gasteiger partial charge in [0.1, 0.15) is 18.3 Å². The molecule has 1 aliphatic carbocycles. The molecule has 0 bridgehead atoms. The number of amides is 2. The number of hydrogen-bond donors (Lipinski definition) is 1. The Kier molecular flexibility index (Phi) is 7.12. The molecule has 2 heterocycles. The second-order valence-electron chi connectivity index (χ2n) is 9.31. The summed E-state index contributed by atoms with van der Waals surface area (Å²) in [5.74, 6) is 1.31. The van der Waals surface area contributed by atoms with E-state index < -0.39 is 6.04 Å². The normalized spacial score (nSPS) is 16.2. The van der Waals surface area contributed by atoms with Crippen molar-refractivity contribution in [3.8, 4) is 11.6 Å². The molecule has 0 saturated heterocycles. The molecule has 0 radical (unpaired) electrons. The number of carbonyl (C=O) groups is 2. The van der Waals surface area contributed by atoms with E-state index in [9.17, 15) is 9.59 Å². The first kappa shape index (κ1) is 23.0. The molecule has 1 atom stereocenters. The van der Waals surface area contributed by atoms with Gasteiger partial charge in [-0.1, -0.05) is 26.2 Å². The van der Waals surface area contributed by atoms with Gasteiger partial charge in [-0.3, -0.25) is 9.59 Å². The van der Waals surface area contributed by atoms with Crippen molar-refractivity contribution in [2.24, 2.45) is 0 Å². The molecule has 2 amide bonds. The monoisotopic (exact) mass is 430 g/mol. The molecule has 31 heavy (non-hydrogen) atoms. The fourth-order valence-corrected chi connectivity index (χ4v) is 4.12. The zero-order valence-electron chi connectivity index (χ0n) is 19.2. The molecule has 2 aromatic heterocycles. The molecule has 1 fully saturated rings. The molecule has 9 nitrogen and oxygen atoms in total. The third kappa shape index (κ3) is 5.92. The minimum Gasteiger partial charge on any atom is -0.458 e. The van der Waals surface area contributed by atoms with Crippen LogP contribution in [0, 0.1) is 6.92 Å². The maximum Gasteiger partial charge on any atom is 0.247 e. The van der Waals surface area contributed by atoms with E-state index >= 15 is 0 Å². The van der Waals surface area contributed by atoms with Crippen LogP contribution < -0.4 is 5.32 Å². The SMILES string of the molecule is CCC(C(=O)NC(C)(C)C)N(C(=O)Cn1nnc(-c2ccc(C)o2)n1)C1CCCCC1. The van der Waals surface area contributed by atoms with Gasteiger partial charge in [0.15, 0.2) is 5.76 Å². The van der Waals surface area contributed by atoms with Crippen molar-refractivity contribution in [3.63, 3.8) is 0 Å². The number of aryl methyl sites for hydroxylation is 1. The molecule has 9 heteroatoms. The zero-order chi connectivity index (χ0) is 22.6. The minimum absolute atomic E-state index is 0.0487. The highest BCUT2D eigenvalue weighted by molar-refractivity contribution is 5.88. The highest BCUT2D eigenvalue weighted by Gasteiger charge is 2.36. The molecule has 0 spiro atoms. The van der Waals surface area contributed by atoms with Crippen LogP contribution in [0.1, 0.15) is 72.0 Å². The highest BCUT2D eigenvalue weighted by Crippen LogP contribution is 2.26. The molecule has 2 aromatic rings. The van der Waals surface area contributed by atoms with Crippen LogP contribution in [-0.4, -0.2) is 54.5 Å². The van der Waals surface area contributed by atoms with E-state index in [0.29, 0.717) is 18.0 Å². The van der Waals surface area contributed by atoms with Crippen LogP contribution in [0.25, 0.3) is 11.6 Å². The molecule has 170 valence electrons. The summed E-state index contributed by atoms with van der Waals surface area (Å²) < 4.78 is 5.54. The number of nitrogens with zero attached hydrogens (tertiary/aromatic N) is 5. The lowest BCUT2D eigenvalue weighted by molar-refractivity contribution is -0.145. The van der Waals surface area contributed by atoms with Crippen LogP contribution in [0.4, 0.5) is 0 Å². The van der Waals surface area contributed by atoms with Crippen LogP contribution in [0.5, 0.6) is 0 Å². The topological polar surface area (TPSA) is 106 Å². The fraction of sp³-hybridized carbons (Fsp3) is 0.682. The Morgan fingerprint density at radius 1 is 1.26 bits per heavy atom. The molecule has 1 N–H and O–H groups in total. The average Bonchev–Trinajstić information content (AvgIpc) is 3.34. The van der Waals surface area contributed by atoms with E-state index in [0.717, 1.165) is 31.4 Å². The molecule has 1 saturated carbocycles. The number of hydrogen-bond acceptors (Lipinski definition) is 6. The second kappa shape index (κ2) is 9.62. The van der Waals surface area contributed by atoms with Gasteiger partial charge in [0, 0.05) is 11.6 Å². The van der Waals surface area contributed by atoms with Gasteiger partial charge in [0.05, 0.1) is 0 Å². The van der Waals surface area contributed by atoms with Crippen molar-refractivity contribution in [1.29, 1.82) is 0 Å². The van der Waals surface area contributed by atoms with Crippen LogP contribution in [0.3, 0.4) is 0 Å². The van der Waals surface area contributed by atoms with E-state index in [4.69, 9.17) is 4.42 Å². The summed E-state index contributed by atoms with van der Waals surface area (Å²) in [6.07, 6.45) is 5.66. The summed E-state index contributed by atoms with van der Waals surface area (Å²) in [5.41, 5.74) is -0.366. The van der Waals surface area contributed by atoms with Gasteiger partial charge in [-0.2, -0.15) is 4.80 Å². The van der Waals surface area contributed by atoms with Gasteiger partial charge < -0.3 is 14.6 Å². The summed E-state index contributed by atoms with van der Waals surface area (Å²) >= 11 is 0. The Bertz CT molecular complexity index is 891. The predicted molar refractivity (Wildman–Crippen MR) is 116 cm³/mol. The lowest BCUT2D eigenvalue weighted by Crippen LogP contribution is -2.57. The van der Waals surface area contributed by atoms with E-state index in [-0.39, 0.29) is 29.9 Å². The Hall–Kier alpha value is -2.71. The van der Waals surface area contributed by atoms with Crippen molar-refractivity contribution in [2.45, 2.75) is 97.3 Å². The Balaban J connectivity index is 1.80. The van der Waals surface area contributed by atoms with Crippen molar-refractivity contribution >= 4 is 11.8 Å². The Labute approximate surface area is 183 Å². The van der Waals surface area contributed by atoms with E-state index in [2.05, 4.69) is 20.7 Å². The molecule has 3 rings (SSSR count). The van der Waals surface area contributed by atoms with E-state index in [1.807, 2.05) is 40.7 Å². The molecule has 0 aliphatic heterocycles. The van der Waals surface area contributed by atoms with E-state index in [1.165, 1.54) is 11.2 Å². The van der Waals surface area contributed by atoms with Crippen molar-refractivity contribution in [2.75, 3.05) is 0 Å². The second-order valence-corrected chi connectivity index (χ2v) is 9.31. The summed E-state index contributed by atoms with van der Waals surface area (Å²) in [4.78, 5) is 29.5. The van der Waals surface area contributed by atoms with Gasteiger partial charge >= 0.3 is 0 Å². The van der Waals surface area contributed by atoms with Crippen LogP contribution >= 0.6 is 0 Å². The third-order valence-corrected chi connectivity index (χ3v) is 5.47. The van der Waals surface area contributed by atoms with Gasteiger partial charge in [-0.25, -0.2) is 0 Å². The number of furan rings is 1. The first-order chi connectivity index (χ1) is 14.7. The van der Waals surface area contributed by atoms with Gasteiger partial charge in [-0.15, -0.1) is 10.2 Å². The number of tetrazole rings is 1. The molecule has 0 aromatic carbocycles. The lowest BCUT2D eigenvalue weighted by Gasteiger charge is -2.40. The average molecular weight is 431 g/mol. The molecular weight excluding hydrogens is 396 g/mol. The standard InChI is InChI=1S/C22H34N6O3/c1-6-17(21(30)23-22(3,4)5)28(16-10-8-7-9-11-16)19(29)14-27-25-20(24-26-27)18-13-12-15(2)31-18/h12-13,16-17H,6-11,14H2,1-5H3,(H,23,30). The molecular formula is C22H34N6O3. The Morgan fingerprint density at radius 2 is 1.97 bits per heavy atom. The summed E-state index contributed by atoms with van der Waals surface area (Å²) in [5, 5.41) is 15.4. The van der Waals surface area contributed by atoms with Gasteiger partial charge in [0.25, 0.3) is 0 Å². The van der Waals surface area contributed by atoms with Gasteiger partial charge in [0.2, 0.25) is 17.6 Å². The summed E-state index contributed by atoms with van der Waals surface area (Å²) in [6, 6.07) is 3.13. The molecule has 1 aliphatic rings. The van der Waals surface area contributed by atoms with Crippen LogP contribution in [0.2, 0.25) is 0 Å². The zero-order valence-corrected chi connectivity index (χ0v) is 19.2. The third-order valence-electron chi connectivity index (χ3n) is 5.47. The smallest absolute Gasteiger partial charge is 0.247 e. The number of nitrogens with one attached hydrogen (secondary N) is 1. The number of carbonyl (C=O) groups excluding carboxylic acids is 2. The maximum atomic E-state index is 13.4. The van der Waals surface area contributed by atoms with Gasteiger partial charge in [-0.05, 0) is 64.3 Å². The number of rotatable bonds is 7. The largest absolute Gasteiger partial charge is 0.458 e. The van der Waals surface area contributed by atoms with Crippen LogP contribution in [-0.2, 0) is 16.1 Å². The lowest BCUT2D eigenvalue weighted by atomic mass is 9.92. The first-order valence-corrected chi connectivity index (χ1v) is 11.2. The first-order valence-electron chi connectivity index (χ1n) is 11.2. The Morgan fingerprint density at radius 3 is 2.55 bits per heavy atom. The van der Waals surface area contributed by atoms with E-state index in [1.54, 1.807) is 11.0 Å². The predicted octanol–water partition coefficient (Wildman–Crippen LogP) is 3.10. The van der Waals surface area contributed by atoms with Crippen LogP contribution in [0.15, 0.2) is 16.5 Å². The minimum atomic E-state index is -0.523. The quantitative estimate of drug-likeness (QED) is 0.723. The van der Waals surface area contributed by atoms with Crippen molar-refractivity contribution < 1.29 is 14.0 Å². The maximum absolute atomic E-state index is 13.4.